The molecular formula is C27H32N4O7S2. The first-order chi connectivity index (χ1) is 18.8. The molecule has 1 saturated carbocycles. The predicted molar refractivity (Wildman–Crippen MR) is 148 cm³/mol. The van der Waals surface area contributed by atoms with E-state index in [-0.39, 0.29) is 36.1 Å². The number of carbonyl (C=O) groups is 5. The van der Waals surface area contributed by atoms with Crippen LogP contribution in [-0.2, 0) is 25.5 Å². The van der Waals surface area contributed by atoms with Gasteiger partial charge in [0.15, 0.2) is 11.5 Å². The molecule has 0 radical (unpaired) electrons. The highest BCUT2D eigenvalue weighted by atomic mass is 32.1. The van der Waals surface area contributed by atoms with Crippen molar-refractivity contribution in [1.82, 2.24) is 20.2 Å². The van der Waals surface area contributed by atoms with Crippen LogP contribution in [0.15, 0.2) is 22.5 Å². The Kier molecular flexibility index (Phi) is 8.55. The molecule has 1 atom stereocenters. The van der Waals surface area contributed by atoms with Crippen molar-refractivity contribution in [3.63, 3.8) is 0 Å². The number of rotatable bonds is 10. The van der Waals surface area contributed by atoms with Crippen molar-refractivity contribution >= 4 is 52.2 Å². The van der Waals surface area contributed by atoms with E-state index in [1.54, 1.807) is 26.2 Å². The number of thiazole rings is 2. The van der Waals surface area contributed by atoms with Crippen molar-refractivity contribution in [2.45, 2.75) is 89.8 Å². The van der Waals surface area contributed by atoms with Gasteiger partial charge in [0.2, 0.25) is 5.91 Å². The van der Waals surface area contributed by atoms with Crippen LogP contribution >= 0.6 is 22.7 Å². The molecule has 2 amide bonds. The monoisotopic (exact) mass is 588 g/mol. The highest BCUT2D eigenvalue weighted by Gasteiger charge is 2.50. The van der Waals surface area contributed by atoms with Crippen molar-refractivity contribution in [2.24, 2.45) is 0 Å². The maximum atomic E-state index is 12.9. The fourth-order valence-electron chi connectivity index (χ4n) is 4.36. The molecule has 40 heavy (non-hydrogen) atoms. The maximum Gasteiger partial charge on any atom is 0.414 e. The standard InChI is InChI=1S/C27H32N4O7S2/c1-15-5-6-16(31(15)25(37)38-26(2,3)4)11-21(34)30-27(9-10-27)20(33)12-17(32)7-8-22-28-18(13-39-22)23-29-19(14-40-23)24(35)36/h11,13-15H,5-10,12H2,1-4H3,(H,30,34)(H,35,36)/b16-11-/t15-/m0/s1. The van der Waals surface area contributed by atoms with Gasteiger partial charge in [0, 0.05) is 41.4 Å². The number of likely N-dealkylation sites (tertiary alicyclic amines) is 1. The fraction of sp³-hybridized carbons (Fsp3) is 0.519. The van der Waals surface area contributed by atoms with Gasteiger partial charge in [0.1, 0.15) is 22.1 Å². The lowest BCUT2D eigenvalue weighted by Gasteiger charge is -2.28. The smallest absolute Gasteiger partial charge is 0.414 e. The number of amides is 2. The maximum absolute atomic E-state index is 12.9. The van der Waals surface area contributed by atoms with E-state index in [4.69, 9.17) is 9.84 Å². The van der Waals surface area contributed by atoms with Crippen molar-refractivity contribution < 1.29 is 33.8 Å². The SMILES string of the molecule is C[C@H]1CC/C(=C/C(=O)NC2(C(=O)CC(=O)CCc3nc(-c4nc(C(=O)O)cs4)cs3)CC2)N1C(=O)OC(C)(C)C. The zero-order chi connectivity index (χ0) is 29.2. The number of carboxylic acids is 1. The summed E-state index contributed by atoms with van der Waals surface area (Å²) in [6.07, 6.45) is 3.17. The minimum Gasteiger partial charge on any atom is -0.476 e. The van der Waals surface area contributed by atoms with Crippen molar-refractivity contribution in [2.75, 3.05) is 0 Å². The van der Waals surface area contributed by atoms with E-state index in [9.17, 15) is 24.0 Å². The number of hydrogen-bond acceptors (Lipinski definition) is 10. The molecule has 2 aromatic rings. The molecule has 13 heteroatoms. The molecule has 3 heterocycles. The lowest BCUT2D eigenvalue weighted by atomic mass is 10.0. The van der Waals surface area contributed by atoms with Crippen molar-refractivity contribution in [3.05, 3.63) is 33.2 Å². The zero-order valence-corrected chi connectivity index (χ0v) is 24.4. The number of ketones is 2. The molecule has 2 N–H and O–H groups in total. The number of carbonyl (C=O) groups excluding carboxylic acids is 4. The van der Waals surface area contributed by atoms with Crippen LogP contribution in [0.1, 0.15) is 81.7 Å². The largest absolute Gasteiger partial charge is 0.476 e. The van der Waals surface area contributed by atoms with Crippen molar-refractivity contribution in [1.29, 1.82) is 0 Å². The van der Waals surface area contributed by atoms with E-state index in [0.717, 1.165) is 0 Å². The molecule has 0 unspecified atom stereocenters. The second-order valence-electron chi connectivity index (χ2n) is 11.1. The number of ether oxygens (including phenoxy) is 1. The lowest BCUT2D eigenvalue weighted by Crippen LogP contribution is -2.44. The number of carboxylic acid groups (broad SMARTS) is 1. The van der Waals surface area contributed by atoms with E-state index in [1.807, 2.05) is 6.92 Å². The topological polar surface area (TPSA) is 156 Å². The summed E-state index contributed by atoms with van der Waals surface area (Å²) in [6, 6.07) is -0.110. The molecule has 1 aliphatic carbocycles. The van der Waals surface area contributed by atoms with E-state index in [1.165, 1.54) is 39.0 Å². The molecule has 2 aromatic heterocycles. The van der Waals surface area contributed by atoms with Crippen LogP contribution in [0.3, 0.4) is 0 Å². The van der Waals surface area contributed by atoms with Crippen LogP contribution in [0.4, 0.5) is 4.79 Å². The average molecular weight is 589 g/mol. The normalized spacial score (nSPS) is 18.9. The molecule has 1 saturated heterocycles. The predicted octanol–water partition coefficient (Wildman–Crippen LogP) is 4.38. The van der Waals surface area contributed by atoms with Gasteiger partial charge in [-0.25, -0.2) is 19.6 Å². The first-order valence-corrected chi connectivity index (χ1v) is 14.8. The second-order valence-corrected chi connectivity index (χ2v) is 12.9. The Balaban J connectivity index is 1.29. The van der Waals surface area contributed by atoms with Gasteiger partial charge >= 0.3 is 12.1 Å². The summed E-state index contributed by atoms with van der Waals surface area (Å²) in [6.45, 7) is 7.23. The number of allylic oxidation sites excluding steroid dienone is 1. The van der Waals surface area contributed by atoms with Crippen LogP contribution in [0.25, 0.3) is 10.7 Å². The Morgan fingerprint density at radius 2 is 1.90 bits per heavy atom. The molecule has 11 nitrogen and oxygen atoms in total. The minimum absolute atomic E-state index is 0.0429. The highest BCUT2D eigenvalue weighted by Crippen LogP contribution is 2.38. The lowest BCUT2D eigenvalue weighted by molar-refractivity contribution is -0.131. The summed E-state index contributed by atoms with van der Waals surface area (Å²) in [5.41, 5.74) is -0.668. The number of aromatic carboxylic acids is 1. The van der Waals surface area contributed by atoms with E-state index < -0.39 is 29.1 Å². The Bertz CT molecular complexity index is 1370. The molecule has 2 fully saturated rings. The summed E-state index contributed by atoms with van der Waals surface area (Å²) in [5, 5.41) is 16.2. The molecule has 0 aromatic carbocycles. The fourth-order valence-corrected chi connectivity index (χ4v) is 5.97. The zero-order valence-electron chi connectivity index (χ0n) is 22.8. The summed E-state index contributed by atoms with van der Waals surface area (Å²) in [7, 11) is 0. The summed E-state index contributed by atoms with van der Waals surface area (Å²) < 4.78 is 5.48. The summed E-state index contributed by atoms with van der Waals surface area (Å²) in [5.74, 6) is -2.15. The molecule has 0 spiro atoms. The van der Waals surface area contributed by atoms with Crippen LogP contribution < -0.4 is 5.32 Å². The van der Waals surface area contributed by atoms with Crippen LogP contribution in [0.2, 0.25) is 0 Å². The third-order valence-corrected chi connectivity index (χ3v) is 8.35. The molecular weight excluding hydrogens is 556 g/mol. The molecule has 4 rings (SSSR count). The highest BCUT2D eigenvalue weighted by molar-refractivity contribution is 7.14. The van der Waals surface area contributed by atoms with E-state index in [2.05, 4.69) is 15.3 Å². The van der Waals surface area contributed by atoms with Crippen molar-refractivity contribution in [3.8, 4) is 10.7 Å². The van der Waals surface area contributed by atoms with Gasteiger partial charge in [0.05, 0.1) is 17.0 Å². The van der Waals surface area contributed by atoms with Crippen LogP contribution in [0, 0.1) is 0 Å². The Labute approximate surface area is 239 Å². The summed E-state index contributed by atoms with van der Waals surface area (Å²) in [4.78, 5) is 72.0. The first kappa shape index (κ1) is 29.5. The number of nitrogens with one attached hydrogen (secondary N) is 1. The number of aryl methyl sites for hydroxylation is 1. The molecule has 2 aliphatic rings. The Hall–Kier alpha value is -3.45. The van der Waals surface area contributed by atoms with Gasteiger partial charge < -0.3 is 15.2 Å². The van der Waals surface area contributed by atoms with Gasteiger partial charge in [-0.05, 0) is 53.4 Å². The quantitative estimate of drug-likeness (QED) is 0.304. The van der Waals surface area contributed by atoms with Gasteiger partial charge in [-0.1, -0.05) is 0 Å². The van der Waals surface area contributed by atoms with Gasteiger partial charge in [0.25, 0.3) is 0 Å². The second kappa shape index (κ2) is 11.6. The van der Waals surface area contributed by atoms with E-state index in [0.29, 0.717) is 53.5 Å². The average Bonchev–Trinajstić information content (AvgIpc) is 3.19. The van der Waals surface area contributed by atoms with E-state index >= 15 is 0 Å². The van der Waals surface area contributed by atoms with Gasteiger partial charge in [-0.3, -0.25) is 19.3 Å². The van der Waals surface area contributed by atoms with Crippen LogP contribution in [-0.4, -0.2) is 66.7 Å². The van der Waals surface area contributed by atoms with Gasteiger partial charge in [-0.15, -0.1) is 22.7 Å². The molecule has 0 bridgehead atoms. The van der Waals surface area contributed by atoms with Crippen LogP contribution in [0.5, 0.6) is 0 Å². The number of hydrogen-bond donors (Lipinski definition) is 2. The first-order valence-electron chi connectivity index (χ1n) is 13.0. The number of nitrogens with zero attached hydrogens (tertiary/aromatic N) is 3. The number of Topliss-reactive ketones (excluding diaryl/α,β-unsaturated/α-hetero) is 2. The Morgan fingerprint density at radius 1 is 1.18 bits per heavy atom. The number of aromatic nitrogens is 2. The molecule has 214 valence electrons. The Morgan fingerprint density at radius 3 is 2.52 bits per heavy atom. The van der Waals surface area contributed by atoms with Gasteiger partial charge in [-0.2, -0.15) is 0 Å². The molecule has 1 aliphatic heterocycles. The third-order valence-electron chi connectivity index (χ3n) is 6.57. The third kappa shape index (κ3) is 7.19. The minimum atomic E-state index is -1.11. The summed E-state index contributed by atoms with van der Waals surface area (Å²) >= 11 is 2.52.